The first-order chi connectivity index (χ1) is 6.61. The van der Waals surface area contributed by atoms with Crippen molar-refractivity contribution in [1.29, 1.82) is 0 Å². The van der Waals surface area contributed by atoms with Crippen molar-refractivity contribution >= 4 is 5.91 Å². The lowest BCUT2D eigenvalue weighted by Crippen LogP contribution is -2.40. The van der Waals surface area contributed by atoms with Crippen LogP contribution in [0.2, 0.25) is 0 Å². The van der Waals surface area contributed by atoms with Crippen molar-refractivity contribution in [3.05, 3.63) is 0 Å². The van der Waals surface area contributed by atoms with Crippen LogP contribution in [0.3, 0.4) is 0 Å². The van der Waals surface area contributed by atoms with E-state index in [1.165, 1.54) is 0 Å². The predicted molar refractivity (Wildman–Crippen MR) is 55.1 cm³/mol. The first-order valence-corrected chi connectivity index (χ1v) is 5.12. The molecule has 2 unspecified atom stereocenters. The lowest BCUT2D eigenvalue weighted by Gasteiger charge is -2.20. The number of nitrogens with one attached hydrogen (secondary N) is 1. The van der Waals surface area contributed by atoms with Gasteiger partial charge in [0, 0.05) is 26.7 Å². The quantitative estimate of drug-likeness (QED) is 0.699. The standard InChI is InChI=1S/C10H20N2O2/c1-8(9-4-5-14-7-9)11-6-10(13)12(2)3/h8-9,11H,4-7H2,1-3H3. The Kier molecular flexibility index (Phi) is 4.35. The van der Waals surface area contributed by atoms with E-state index >= 15 is 0 Å². The van der Waals surface area contributed by atoms with Gasteiger partial charge in [-0.2, -0.15) is 0 Å². The molecule has 0 aromatic carbocycles. The van der Waals surface area contributed by atoms with E-state index in [1.807, 2.05) is 0 Å². The number of likely N-dealkylation sites (N-methyl/N-ethyl adjacent to an activating group) is 1. The van der Waals surface area contributed by atoms with E-state index < -0.39 is 0 Å². The second-order valence-electron chi connectivity index (χ2n) is 4.08. The van der Waals surface area contributed by atoms with Crippen LogP contribution >= 0.6 is 0 Å². The molecule has 1 N–H and O–H groups in total. The lowest BCUT2D eigenvalue weighted by atomic mass is 10.0. The normalized spacial score (nSPS) is 23.5. The monoisotopic (exact) mass is 200 g/mol. The third kappa shape index (κ3) is 3.27. The second kappa shape index (κ2) is 5.32. The van der Waals surface area contributed by atoms with E-state index in [0.29, 0.717) is 18.5 Å². The molecular formula is C10H20N2O2. The molecule has 2 atom stereocenters. The van der Waals surface area contributed by atoms with Gasteiger partial charge in [-0.1, -0.05) is 0 Å². The van der Waals surface area contributed by atoms with Crippen LogP contribution in [0.25, 0.3) is 0 Å². The molecule has 14 heavy (non-hydrogen) atoms. The zero-order valence-electron chi connectivity index (χ0n) is 9.25. The summed E-state index contributed by atoms with van der Waals surface area (Å²) in [6, 6.07) is 0.362. The average Bonchev–Trinajstić information content (AvgIpc) is 2.66. The molecule has 0 aliphatic carbocycles. The Balaban J connectivity index is 2.20. The first-order valence-electron chi connectivity index (χ1n) is 5.12. The molecule has 82 valence electrons. The van der Waals surface area contributed by atoms with E-state index in [9.17, 15) is 4.79 Å². The summed E-state index contributed by atoms with van der Waals surface area (Å²) in [6.45, 7) is 4.22. The van der Waals surface area contributed by atoms with E-state index in [-0.39, 0.29) is 5.91 Å². The minimum absolute atomic E-state index is 0.121. The highest BCUT2D eigenvalue weighted by atomic mass is 16.5. The van der Waals surface area contributed by atoms with Gasteiger partial charge < -0.3 is 15.0 Å². The molecule has 0 aromatic rings. The molecule has 4 heteroatoms. The minimum atomic E-state index is 0.121. The predicted octanol–water partition coefficient (Wildman–Crippen LogP) is 0.0892. The van der Waals surface area contributed by atoms with Crippen LogP contribution in [0.5, 0.6) is 0 Å². The van der Waals surface area contributed by atoms with Crippen molar-refractivity contribution in [2.24, 2.45) is 5.92 Å². The van der Waals surface area contributed by atoms with Crippen LogP contribution in [0, 0.1) is 5.92 Å². The summed E-state index contributed by atoms with van der Waals surface area (Å²) in [4.78, 5) is 12.9. The zero-order chi connectivity index (χ0) is 10.6. The number of carbonyl (C=O) groups is 1. The number of hydrogen-bond donors (Lipinski definition) is 1. The fourth-order valence-corrected chi connectivity index (χ4v) is 1.52. The Morgan fingerprint density at radius 3 is 2.86 bits per heavy atom. The molecule has 1 heterocycles. The van der Waals surface area contributed by atoms with E-state index in [2.05, 4.69) is 12.2 Å². The highest BCUT2D eigenvalue weighted by Crippen LogP contribution is 2.15. The summed E-state index contributed by atoms with van der Waals surface area (Å²) in [6.07, 6.45) is 1.10. The molecule has 4 nitrogen and oxygen atoms in total. The second-order valence-corrected chi connectivity index (χ2v) is 4.08. The van der Waals surface area contributed by atoms with Gasteiger partial charge in [0.15, 0.2) is 0 Å². The Bertz CT molecular complexity index is 189. The Morgan fingerprint density at radius 2 is 2.36 bits per heavy atom. The minimum Gasteiger partial charge on any atom is -0.381 e. The molecule has 1 aliphatic heterocycles. The molecule has 1 fully saturated rings. The summed E-state index contributed by atoms with van der Waals surface area (Å²) in [7, 11) is 3.54. The van der Waals surface area contributed by atoms with Gasteiger partial charge in [-0.3, -0.25) is 4.79 Å². The number of rotatable bonds is 4. The summed E-state index contributed by atoms with van der Waals surface area (Å²) in [5.41, 5.74) is 0. The number of hydrogen-bond acceptors (Lipinski definition) is 3. The highest BCUT2D eigenvalue weighted by Gasteiger charge is 2.22. The maximum Gasteiger partial charge on any atom is 0.236 e. The molecule has 1 saturated heterocycles. The molecule has 0 bridgehead atoms. The van der Waals surface area contributed by atoms with Crippen molar-refractivity contribution in [3.63, 3.8) is 0 Å². The molecule has 0 radical (unpaired) electrons. The van der Waals surface area contributed by atoms with Crippen molar-refractivity contribution in [3.8, 4) is 0 Å². The maximum atomic E-state index is 11.3. The lowest BCUT2D eigenvalue weighted by molar-refractivity contribution is -0.127. The molecule has 1 aliphatic rings. The van der Waals surface area contributed by atoms with Crippen LogP contribution in [-0.4, -0.2) is 50.7 Å². The topological polar surface area (TPSA) is 41.6 Å². The highest BCUT2D eigenvalue weighted by molar-refractivity contribution is 5.77. The fraction of sp³-hybridized carbons (Fsp3) is 0.900. The molecule has 0 aromatic heterocycles. The Morgan fingerprint density at radius 1 is 1.64 bits per heavy atom. The van der Waals surface area contributed by atoms with Gasteiger partial charge in [-0.25, -0.2) is 0 Å². The number of carbonyl (C=O) groups excluding carboxylic acids is 1. The number of nitrogens with zero attached hydrogens (tertiary/aromatic N) is 1. The maximum absolute atomic E-state index is 11.3. The van der Waals surface area contributed by atoms with Crippen molar-refractivity contribution in [2.75, 3.05) is 33.9 Å². The third-order valence-electron chi connectivity index (χ3n) is 2.75. The van der Waals surface area contributed by atoms with Gasteiger partial charge in [0.1, 0.15) is 0 Å². The summed E-state index contributed by atoms with van der Waals surface area (Å²) >= 11 is 0. The Labute approximate surface area is 85.6 Å². The van der Waals surface area contributed by atoms with Crippen LogP contribution in [0.15, 0.2) is 0 Å². The van der Waals surface area contributed by atoms with Gasteiger partial charge in [0.2, 0.25) is 5.91 Å². The van der Waals surface area contributed by atoms with Gasteiger partial charge in [0.25, 0.3) is 0 Å². The SMILES string of the molecule is CC(NCC(=O)N(C)C)C1CCOC1. The van der Waals surface area contributed by atoms with Crippen LogP contribution in [0.1, 0.15) is 13.3 Å². The molecular weight excluding hydrogens is 180 g/mol. The molecule has 0 saturated carbocycles. The van der Waals surface area contributed by atoms with E-state index in [0.717, 1.165) is 19.6 Å². The summed E-state index contributed by atoms with van der Waals surface area (Å²) in [5.74, 6) is 0.681. The van der Waals surface area contributed by atoms with Gasteiger partial charge in [-0.05, 0) is 19.3 Å². The van der Waals surface area contributed by atoms with Gasteiger partial charge in [0.05, 0.1) is 13.2 Å². The van der Waals surface area contributed by atoms with Gasteiger partial charge >= 0.3 is 0 Å². The van der Waals surface area contributed by atoms with E-state index in [4.69, 9.17) is 4.74 Å². The van der Waals surface area contributed by atoms with E-state index in [1.54, 1.807) is 19.0 Å². The molecule has 1 rings (SSSR count). The van der Waals surface area contributed by atoms with Crippen LogP contribution in [0.4, 0.5) is 0 Å². The molecule has 0 spiro atoms. The average molecular weight is 200 g/mol. The fourth-order valence-electron chi connectivity index (χ4n) is 1.52. The van der Waals surface area contributed by atoms with Crippen LogP contribution < -0.4 is 5.32 Å². The number of amides is 1. The number of ether oxygens (including phenoxy) is 1. The summed E-state index contributed by atoms with van der Waals surface area (Å²) < 4.78 is 5.30. The third-order valence-corrected chi connectivity index (χ3v) is 2.75. The zero-order valence-corrected chi connectivity index (χ0v) is 9.25. The van der Waals surface area contributed by atoms with Crippen molar-refractivity contribution in [2.45, 2.75) is 19.4 Å². The molecule has 1 amide bonds. The smallest absolute Gasteiger partial charge is 0.236 e. The van der Waals surface area contributed by atoms with Gasteiger partial charge in [-0.15, -0.1) is 0 Å². The largest absolute Gasteiger partial charge is 0.381 e. The van der Waals surface area contributed by atoms with Crippen molar-refractivity contribution in [1.82, 2.24) is 10.2 Å². The summed E-state index contributed by atoms with van der Waals surface area (Å²) in [5, 5.41) is 3.23. The Hall–Kier alpha value is -0.610. The first kappa shape index (κ1) is 11.5. The van der Waals surface area contributed by atoms with Crippen LogP contribution in [-0.2, 0) is 9.53 Å². The van der Waals surface area contributed by atoms with Crippen molar-refractivity contribution < 1.29 is 9.53 Å².